The van der Waals surface area contributed by atoms with Crippen molar-refractivity contribution in [1.82, 2.24) is 9.36 Å². The van der Waals surface area contributed by atoms with Crippen LogP contribution in [0.3, 0.4) is 0 Å². The van der Waals surface area contributed by atoms with E-state index < -0.39 is 11.7 Å². The molecule has 0 atom stereocenters. The molecule has 0 saturated heterocycles. The highest BCUT2D eigenvalue weighted by Gasteiger charge is 2.31. The van der Waals surface area contributed by atoms with E-state index in [0.29, 0.717) is 21.5 Å². The number of hydrogen-bond acceptors (Lipinski definition) is 5. The predicted molar refractivity (Wildman–Crippen MR) is 69.6 cm³/mol. The Morgan fingerprint density at radius 1 is 1.40 bits per heavy atom. The summed E-state index contributed by atoms with van der Waals surface area (Å²) in [5, 5.41) is 8.97. The lowest BCUT2D eigenvalue weighted by molar-refractivity contribution is -0.137. The van der Waals surface area contributed by atoms with Gasteiger partial charge in [-0.25, -0.2) is 4.98 Å². The summed E-state index contributed by atoms with van der Waals surface area (Å²) in [6.07, 6.45) is -3.76. The molecule has 0 N–H and O–H groups in total. The van der Waals surface area contributed by atoms with Gasteiger partial charge >= 0.3 is 6.18 Å². The van der Waals surface area contributed by atoms with Gasteiger partial charge in [-0.05, 0) is 29.7 Å². The number of alkyl halides is 3. The monoisotopic (exact) mass is 315 g/mol. The molecule has 0 unspecified atom stereocenters. The van der Waals surface area contributed by atoms with Gasteiger partial charge in [-0.2, -0.15) is 22.8 Å². The van der Waals surface area contributed by atoms with Crippen molar-refractivity contribution < 1.29 is 13.2 Å². The summed E-state index contributed by atoms with van der Waals surface area (Å²) in [7, 11) is 0. The van der Waals surface area contributed by atoms with Crippen LogP contribution in [0.25, 0.3) is 0 Å². The molecule has 1 aromatic carbocycles. The van der Waals surface area contributed by atoms with E-state index >= 15 is 0 Å². The molecule has 0 fully saturated rings. The van der Waals surface area contributed by atoms with Crippen LogP contribution in [0.4, 0.5) is 13.2 Å². The van der Waals surface area contributed by atoms with Crippen LogP contribution in [0.15, 0.2) is 27.4 Å². The maximum atomic E-state index is 12.6. The highest BCUT2D eigenvalue weighted by atomic mass is 32.2. The third kappa shape index (κ3) is 3.29. The first-order valence-electron chi connectivity index (χ1n) is 5.56. The van der Waals surface area contributed by atoms with Crippen LogP contribution < -0.4 is 0 Å². The van der Waals surface area contributed by atoms with Crippen LogP contribution >= 0.6 is 23.3 Å². The van der Waals surface area contributed by atoms with E-state index in [1.807, 2.05) is 6.92 Å². The van der Waals surface area contributed by atoms with Gasteiger partial charge in [0.15, 0.2) is 4.34 Å². The van der Waals surface area contributed by atoms with Gasteiger partial charge in [0.1, 0.15) is 11.9 Å². The molecule has 20 heavy (non-hydrogen) atoms. The molecular weight excluding hydrogens is 307 g/mol. The second kappa shape index (κ2) is 5.81. The number of hydrogen-bond donors (Lipinski definition) is 0. The molecule has 0 saturated carbocycles. The van der Waals surface area contributed by atoms with Crippen LogP contribution in [0.1, 0.15) is 23.9 Å². The zero-order valence-corrected chi connectivity index (χ0v) is 11.9. The van der Waals surface area contributed by atoms with E-state index in [9.17, 15) is 13.2 Å². The number of halogens is 3. The first-order chi connectivity index (χ1) is 9.44. The molecule has 0 aliphatic carbocycles. The molecule has 3 nitrogen and oxygen atoms in total. The average Bonchev–Trinajstić information content (AvgIpc) is 2.85. The van der Waals surface area contributed by atoms with Crippen LogP contribution in [0.2, 0.25) is 0 Å². The van der Waals surface area contributed by atoms with Crippen molar-refractivity contribution in [2.75, 3.05) is 0 Å². The number of nitriles is 1. The Bertz CT molecular complexity index is 659. The molecule has 0 radical (unpaired) electrons. The molecule has 0 aliphatic heterocycles. The number of rotatable bonds is 3. The van der Waals surface area contributed by atoms with E-state index in [1.165, 1.54) is 17.6 Å². The molecule has 2 aromatic rings. The number of nitrogens with zero attached hydrogens (tertiary/aromatic N) is 3. The van der Waals surface area contributed by atoms with Crippen molar-refractivity contribution in [2.45, 2.75) is 28.8 Å². The van der Waals surface area contributed by atoms with E-state index in [0.717, 1.165) is 23.9 Å². The van der Waals surface area contributed by atoms with Crippen molar-refractivity contribution in [3.05, 3.63) is 35.2 Å². The van der Waals surface area contributed by atoms with E-state index in [2.05, 4.69) is 9.36 Å². The molecule has 0 spiro atoms. The summed E-state index contributed by atoms with van der Waals surface area (Å²) in [4.78, 5) is 4.65. The van der Waals surface area contributed by atoms with Crippen molar-refractivity contribution in [2.24, 2.45) is 0 Å². The van der Waals surface area contributed by atoms with Crippen molar-refractivity contribution >= 4 is 23.3 Å². The predicted octanol–water partition coefficient (Wildman–Crippen LogP) is 4.14. The van der Waals surface area contributed by atoms with E-state index in [1.54, 1.807) is 6.07 Å². The van der Waals surface area contributed by atoms with Crippen LogP contribution in [0, 0.1) is 11.3 Å². The second-order valence-corrected chi connectivity index (χ2v) is 5.79. The van der Waals surface area contributed by atoms with Gasteiger partial charge in [0.25, 0.3) is 0 Å². The summed E-state index contributed by atoms with van der Waals surface area (Å²) < 4.78 is 42.4. The first kappa shape index (κ1) is 14.8. The minimum atomic E-state index is -4.45. The van der Waals surface area contributed by atoms with Crippen LogP contribution in [-0.2, 0) is 12.6 Å². The average molecular weight is 315 g/mol. The topological polar surface area (TPSA) is 49.6 Å². The molecule has 104 valence electrons. The summed E-state index contributed by atoms with van der Waals surface area (Å²) in [6, 6.07) is 4.89. The standard InChI is InChI=1S/C12H8F3N3S2/c1-2-10-17-11(20-18-10)19-9-4-3-8(12(13,14)15)5-7(9)6-16/h3-5H,2H2,1H3. The lowest BCUT2D eigenvalue weighted by atomic mass is 10.1. The Morgan fingerprint density at radius 2 is 2.15 bits per heavy atom. The summed E-state index contributed by atoms with van der Waals surface area (Å²) in [5.74, 6) is 0.683. The Balaban J connectivity index is 2.31. The Morgan fingerprint density at radius 3 is 2.70 bits per heavy atom. The minimum Gasteiger partial charge on any atom is -0.213 e. The lowest BCUT2D eigenvalue weighted by Gasteiger charge is -2.08. The molecule has 2 rings (SSSR count). The number of aryl methyl sites for hydroxylation is 1. The molecule has 0 amide bonds. The minimum absolute atomic E-state index is 0.0157. The second-order valence-electron chi connectivity index (χ2n) is 3.75. The maximum absolute atomic E-state index is 12.6. The molecule has 0 bridgehead atoms. The van der Waals surface area contributed by atoms with Crippen molar-refractivity contribution in [3.63, 3.8) is 0 Å². The number of aromatic nitrogens is 2. The Kier molecular flexibility index (Phi) is 4.30. The summed E-state index contributed by atoms with van der Waals surface area (Å²) >= 11 is 2.32. The Labute approximate surface area is 121 Å². The molecule has 1 aromatic heterocycles. The zero-order chi connectivity index (χ0) is 14.8. The SMILES string of the molecule is CCc1nsc(Sc2ccc(C(F)(F)F)cc2C#N)n1. The fourth-order valence-corrected chi connectivity index (χ4v) is 3.12. The van der Waals surface area contributed by atoms with Gasteiger partial charge in [-0.3, -0.25) is 0 Å². The smallest absolute Gasteiger partial charge is 0.213 e. The molecule has 1 heterocycles. The highest BCUT2D eigenvalue weighted by Crippen LogP contribution is 2.35. The molecule has 0 aliphatic rings. The Hall–Kier alpha value is -1.59. The zero-order valence-electron chi connectivity index (χ0n) is 10.2. The normalized spacial score (nSPS) is 11.3. The van der Waals surface area contributed by atoms with Gasteiger partial charge in [0.05, 0.1) is 11.1 Å². The lowest BCUT2D eigenvalue weighted by Crippen LogP contribution is -2.05. The third-order valence-corrected chi connectivity index (χ3v) is 4.26. The largest absolute Gasteiger partial charge is 0.416 e. The quantitative estimate of drug-likeness (QED) is 0.854. The van der Waals surface area contributed by atoms with Crippen LogP contribution in [-0.4, -0.2) is 9.36 Å². The van der Waals surface area contributed by atoms with Crippen molar-refractivity contribution in [3.8, 4) is 6.07 Å². The van der Waals surface area contributed by atoms with Gasteiger partial charge in [0.2, 0.25) is 0 Å². The fraction of sp³-hybridized carbons (Fsp3) is 0.250. The van der Waals surface area contributed by atoms with E-state index in [-0.39, 0.29) is 5.56 Å². The third-order valence-electron chi connectivity index (χ3n) is 2.39. The van der Waals surface area contributed by atoms with Gasteiger partial charge in [-0.1, -0.05) is 18.7 Å². The van der Waals surface area contributed by atoms with E-state index in [4.69, 9.17) is 5.26 Å². The molecule has 8 heteroatoms. The van der Waals surface area contributed by atoms with Gasteiger partial charge in [-0.15, -0.1) is 0 Å². The van der Waals surface area contributed by atoms with Crippen LogP contribution in [0.5, 0.6) is 0 Å². The van der Waals surface area contributed by atoms with Gasteiger partial charge in [0, 0.05) is 11.3 Å². The highest BCUT2D eigenvalue weighted by molar-refractivity contribution is 8.01. The van der Waals surface area contributed by atoms with Crippen molar-refractivity contribution in [1.29, 1.82) is 5.26 Å². The van der Waals surface area contributed by atoms with Gasteiger partial charge < -0.3 is 0 Å². The number of benzene rings is 1. The molecular formula is C12H8F3N3S2. The fourth-order valence-electron chi connectivity index (χ4n) is 1.40. The summed E-state index contributed by atoms with van der Waals surface area (Å²) in [6.45, 7) is 1.91. The summed E-state index contributed by atoms with van der Waals surface area (Å²) in [5.41, 5.74) is -0.844. The maximum Gasteiger partial charge on any atom is 0.416 e. The first-order valence-corrected chi connectivity index (χ1v) is 7.14.